The van der Waals surface area contributed by atoms with Crippen molar-refractivity contribution in [2.45, 2.75) is 42.4 Å². The van der Waals surface area contributed by atoms with Crippen molar-refractivity contribution in [3.05, 3.63) is 29.8 Å². The first-order valence-corrected chi connectivity index (χ1v) is 7.27. The van der Waals surface area contributed by atoms with Gasteiger partial charge in [-0.2, -0.15) is 0 Å². The number of benzene rings is 1. The first-order chi connectivity index (χ1) is 8.66. The zero-order valence-corrected chi connectivity index (χ0v) is 11.4. The number of hydrogen-bond acceptors (Lipinski definition) is 3. The molecule has 18 heavy (non-hydrogen) atoms. The summed E-state index contributed by atoms with van der Waals surface area (Å²) >= 11 is 1.59. The Labute approximate surface area is 112 Å². The van der Waals surface area contributed by atoms with Crippen LogP contribution in [0.4, 0.5) is 0 Å². The molecule has 2 atom stereocenters. The van der Waals surface area contributed by atoms with E-state index in [1.807, 2.05) is 24.3 Å². The first kappa shape index (κ1) is 13.4. The Morgan fingerprint density at radius 1 is 1.44 bits per heavy atom. The van der Waals surface area contributed by atoms with E-state index in [9.17, 15) is 9.90 Å². The molecule has 0 spiro atoms. The number of thioether (sulfide) groups is 1. The molecule has 1 aliphatic heterocycles. The van der Waals surface area contributed by atoms with Crippen LogP contribution in [0, 0.1) is 0 Å². The Morgan fingerprint density at radius 2 is 2.28 bits per heavy atom. The number of amides is 1. The van der Waals surface area contributed by atoms with Crippen molar-refractivity contribution in [2.75, 3.05) is 6.54 Å². The molecule has 1 aromatic carbocycles. The lowest BCUT2D eigenvalue weighted by Crippen LogP contribution is -2.30. The summed E-state index contributed by atoms with van der Waals surface area (Å²) in [6.45, 7) is 2.55. The highest BCUT2D eigenvalue weighted by Crippen LogP contribution is 2.29. The van der Waals surface area contributed by atoms with Crippen LogP contribution in [0.15, 0.2) is 29.2 Å². The first-order valence-electron chi connectivity index (χ1n) is 6.39. The predicted molar refractivity (Wildman–Crippen MR) is 73.6 cm³/mol. The predicted octanol–water partition coefficient (Wildman–Crippen LogP) is 2.50. The molecule has 1 heterocycles. The van der Waals surface area contributed by atoms with Gasteiger partial charge < -0.3 is 10.4 Å². The Morgan fingerprint density at radius 3 is 3.06 bits per heavy atom. The zero-order valence-electron chi connectivity index (χ0n) is 10.6. The van der Waals surface area contributed by atoms with Crippen molar-refractivity contribution < 1.29 is 9.90 Å². The maximum Gasteiger partial charge on any atom is 0.233 e. The van der Waals surface area contributed by atoms with Crippen molar-refractivity contribution in [1.82, 2.24) is 5.32 Å². The molecule has 2 unspecified atom stereocenters. The van der Waals surface area contributed by atoms with Crippen molar-refractivity contribution in [1.29, 1.82) is 0 Å². The molecule has 0 bridgehead atoms. The Kier molecular flexibility index (Phi) is 4.66. The molecule has 2 N–H and O–H groups in total. The van der Waals surface area contributed by atoms with Gasteiger partial charge in [0.25, 0.3) is 0 Å². The highest BCUT2D eigenvalue weighted by Gasteiger charge is 2.21. The van der Waals surface area contributed by atoms with Gasteiger partial charge in [0, 0.05) is 11.4 Å². The van der Waals surface area contributed by atoms with E-state index in [4.69, 9.17) is 0 Å². The topological polar surface area (TPSA) is 49.3 Å². The Hall–Kier alpha value is -1.00. The van der Waals surface area contributed by atoms with E-state index >= 15 is 0 Å². The molecule has 2 rings (SSSR count). The Balaban J connectivity index is 2.07. The summed E-state index contributed by atoms with van der Waals surface area (Å²) in [7, 11) is 0. The van der Waals surface area contributed by atoms with Gasteiger partial charge in [0.15, 0.2) is 0 Å². The minimum absolute atomic E-state index is 0.00301. The van der Waals surface area contributed by atoms with Gasteiger partial charge in [-0.3, -0.25) is 4.79 Å². The summed E-state index contributed by atoms with van der Waals surface area (Å²) in [6, 6.07) is 7.79. The SMILES string of the molecule is CC(O)c1cccc(SC2CCCCNC2=O)c1. The number of rotatable bonds is 3. The lowest BCUT2D eigenvalue weighted by atomic mass is 10.1. The number of aliphatic hydroxyl groups is 1. The molecule has 4 heteroatoms. The highest BCUT2D eigenvalue weighted by molar-refractivity contribution is 8.00. The largest absolute Gasteiger partial charge is 0.389 e. The third-order valence-electron chi connectivity index (χ3n) is 3.10. The second-order valence-electron chi connectivity index (χ2n) is 4.64. The molecule has 0 saturated carbocycles. The fraction of sp³-hybridized carbons (Fsp3) is 0.500. The zero-order chi connectivity index (χ0) is 13.0. The summed E-state index contributed by atoms with van der Waals surface area (Å²) < 4.78 is 0. The van der Waals surface area contributed by atoms with E-state index in [-0.39, 0.29) is 11.2 Å². The van der Waals surface area contributed by atoms with Gasteiger partial charge in [-0.25, -0.2) is 0 Å². The molecule has 0 aliphatic carbocycles. The summed E-state index contributed by atoms with van der Waals surface area (Å²) in [6.07, 6.45) is 2.62. The van der Waals surface area contributed by atoms with Crippen LogP contribution in [0.1, 0.15) is 37.9 Å². The number of carbonyl (C=O) groups is 1. The maximum absolute atomic E-state index is 11.9. The number of hydrogen-bond donors (Lipinski definition) is 2. The summed E-state index contributed by atoms with van der Waals surface area (Å²) in [5, 5.41) is 12.5. The average molecular weight is 265 g/mol. The summed E-state index contributed by atoms with van der Waals surface area (Å²) in [5.74, 6) is 0.139. The van der Waals surface area contributed by atoms with Gasteiger partial charge in [-0.1, -0.05) is 18.6 Å². The highest BCUT2D eigenvalue weighted by atomic mass is 32.2. The van der Waals surface area contributed by atoms with Crippen molar-refractivity contribution >= 4 is 17.7 Å². The minimum atomic E-state index is -0.464. The van der Waals surface area contributed by atoms with Crippen LogP contribution in [0.3, 0.4) is 0 Å². The molecule has 1 saturated heterocycles. The van der Waals surface area contributed by atoms with Gasteiger partial charge >= 0.3 is 0 Å². The van der Waals surface area contributed by atoms with E-state index in [0.717, 1.165) is 36.3 Å². The third kappa shape index (κ3) is 3.50. The van der Waals surface area contributed by atoms with Crippen molar-refractivity contribution in [3.8, 4) is 0 Å². The molecule has 1 amide bonds. The van der Waals surface area contributed by atoms with Gasteiger partial charge in [-0.15, -0.1) is 11.8 Å². The van der Waals surface area contributed by atoms with E-state index in [0.29, 0.717) is 0 Å². The van der Waals surface area contributed by atoms with Gasteiger partial charge in [0.05, 0.1) is 11.4 Å². The maximum atomic E-state index is 11.9. The quantitative estimate of drug-likeness (QED) is 0.883. The second-order valence-corrected chi connectivity index (χ2v) is 5.92. The number of aliphatic hydroxyl groups excluding tert-OH is 1. The van der Waals surface area contributed by atoms with E-state index in [1.165, 1.54) is 0 Å². The fourth-order valence-electron chi connectivity index (χ4n) is 2.04. The van der Waals surface area contributed by atoms with E-state index in [1.54, 1.807) is 18.7 Å². The standard InChI is InChI=1S/C14H19NO2S/c1-10(16)11-5-4-6-12(9-11)18-13-7-2-3-8-15-14(13)17/h4-6,9-10,13,16H,2-3,7-8H2,1H3,(H,15,17). The molecule has 1 fully saturated rings. The molecule has 1 aromatic rings. The lowest BCUT2D eigenvalue weighted by Gasteiger charge is -2.13. The van der Waals surface area contributed by atoms with Crippen LogP contribution >= 0.6 is 11.8 Å². The monoisotopic (exact) mass is 265 g/mol. The van der Waals surface area contributed by atoms with Crippen LogP contribution < -0.4 is 5.32 Å². The number of nitrogens with one attached hydrogen (secondary N) is 1. The molecular weight excluding hydrogens is 246 g/mol. The summed E-state index contributed by atoms with van der Waals surface area (Å²) in [4.78, 5) is 12.9. The van der Waals surface area contributed by atoms with Gasteiger partial charge in [0.2, 0.25) is 5.91 Å². The number of carbonyl (C=O) groups excluding carboxylic acids is 1. The van der Waals surface area contributed by atoms with Crippen LogP contribution in [0.2, 0.25) is 0 Å². The van der Waals surface area contributed by atoms with Crippen molar-refractivity contribution in [3.63, 3.8) is 0 Å². The molecule has 0 radical (unpaired) electrons. The molecular formula is C14H19NO2S. The second kappa shape index (κ2) is 6.25. The molecule has 1 aliphatic rings. The van der Waals surface area contributed by atoms with Gasteiger partial charge in [-0.05, 0) is 37.5 Å². The van der Waals surface area contributed by atoms with Gasteiger partial charge in [0.1, 0.15) is 0 Å². The van der Waals surface area contributed by atoms with E-state index in [2.05, 4.69) is 5.32 Å². The average Bonchev–Trinajstić information content (AvgIpc) is 2.55. The fourth-order valence-corrected chi connectivity index (χ4v) is 3.20. The van der Waals surface area contributed by atoms with Crippen LogP contribution in [0.5, 0.6) is 0 Å². The normalized spacial score (nSPS) is 22.1. The summed E-state index contributed by atoms with van der Waals surface area (Å²) in [5.41, 5.74) is 0.897. The van der Waals surface area contributed by atoms with Crippen LogP contribution in [-0.2, 0) is 4.79 Å². The van der Waals surface area contributed by atoms with Crippen molar-refractivity contribution in [2.24, 2.45) is 0 Å². The lowest BCUT2D eigenvalue weighted by molar-refractivity contribution is -0.120. The minimum Gasteiger partial charge on any atom is -0.389 e. The smallest absolute Gasteiger partial charge is 0.233 e. The van der Waals surface area contributed by atoms with Crippen LogP contribution in [0.25, 0.3) is 0 Å². The molecule has 98 valence electrons. The molecule has 0 aromatic heterocycles. The Bertz CT molecular complexity index is 420. The third-order valence-corrected chi connectivity index (χ3v) is 4.36. The van der Waals surface area contributed by atoms with E-state index < -0.39 is 6.10 Å². The van der Waals surface area contributed by atoms with Crippen LogP contribution in [-0.4, -0.2) is 22.8 Å². The molecule has 3 nitrogen and oxygen atoms in total.